The highest BCUT2D eigenvalue weighted by Gasteiger charge is 2.26. The van der Waals surface area contributed by atoms with Crippen LogP contribution in [0.2, 0.25) is 0 Å². The number of likely N-dealkylation sites (tertiary alicyclic amines) is 1. The third-order valence-electron chi connectivity index (χ3n) is 3.99. The van der Waals surface area contributed by atoms with Crippen molar-refractivity contribution < 1.29 is 9.21 Å². The van der Waals surface area contributed by atoms with Crippen LogP contribution in [-0.2, 0) is 0 Å². The van der Waals surface area contributed by atoms with E-state index in [-0.39, 0.29) is 5.91 Å². The van der Waals surface area contributed by atoms with Crippen LogP contribution in [0, 0.1) is 0 Å². The van der Waals surface area contributed by atoms with Crippen molar-refractivity contribution in [2.75, 3.05) is 25.0 Å². The molecule has 3 heterocycles. The molecule has 21 heavy (non-hydrogen) atoms. The Kier molecular flexibility index (Phi) is 3.85. The zero-order valence-corrected chi connectivity index (χ0v) is 12.0. The Labute approximate surface area is 123 Å². The third kappa shape index (κ3) is 2.89. The summed E-state index contributed by atoms with van der Waals surface area (Å²) in [4.78, 5) is 16.3. The molecule has 1 aliphatic rings. The number of amides is 1. The predicted octanol–water partition coefficient (Wildman–Crippen LogP) is 1.81. The molecule has 0 N–H and O–H groups in total. The number of rotatable bonds is 3. The van der Waals surface area contributed by atoms with E-state index in [1.165, 1.54) is 12.5 Å². The van der Waals surface area contributed by atoms with Gasteiger partial charge in [-0.05, 0) is 31.0 Å². The highest BCUT2D eigenvalue weighted by Crippen LogP contribution is 2.21. The van der Waals surface area contributed by atoms with E-state index in [9.17, 15) is 4.79 Å². The average Bonchev–Trinajstić information content (AvgIpc) is 3.09. The van der Waals surface area contributed by atoms with Crippen LogP contribution in [-0.4, -0.2) is 47.2 Å². The SMILES string of the molecule is CN(c1cccnn1)C1CCN(C(=O)c2ccoc2)CC1. The summed E-state index contributed by atoms with van der Waals surface area (Å²) in [5, 5.41) is 8.04. The number of hydrogen-bond donors (Lipinski definition) is 0. The van der Waals surface area contributed by atoms with Crippen molar-refractivity contribution in [3.63, 3.8) is 0 Å². The van der Waals surface area contributed by atoms with E-state index in [0.29, 0.717) is 11.6 Å². The number of carbonyl (C=O) groups is 1. The highest BCUT2D eigenvalue weighted by molar-refractivity contribution is 5.93. The second-order valence-corrected chi connectivity index (χ2v) is 5.23. The Hall–Kier alpha value is -2.37. The van der Waals surface area contributed by atoms with E-state index >= 15 is 0 Å². The zero-order valence-electron chi connectivity index (χ0n) is 12.0. The highest BCUT2D eigenvalue weighted by atomic mass is 16.3. The van der Waals surface area contributed by atoms with Crippen molar-refractivity contribution in [1.29, 1.82) is 0 Å². The Bertz CT molecular complexity index is 577. The lowest BCUT2D eigenvalue weighted by Crippen LogP contribution is -2.45. The smallest absolute Gasteiger partial charge is 0.257 e. The quantitative estimate of drug-likeness (QED) is 0.861. The van der Waals surface area contributed by atoms with E-state index in [0.717, 1.165) is 31.7 Å². The first-order valence-corrected chi connectivity index (χ1v) is 7.07. The zero-order chi connectivity index (χ0) is 14.7. The maximum absolute atomic E-state index is 12.2. The van der Waals surface area contributed by atoms with Gasteiger partial charge in [-0.2, -0.15) is 5.10 Å². The van der Waals surface area contributed by atoms with Crippen molar-refractivity contribution >= 4 is 11.7 Å². The first-order valence-electron chi connectivity index (χ1n) is 7.07. The normalized spacial score (nSPS) is 16.0. The molecule has 2 aromatic rings. The Morgan fingerprint density at radius 2 is 2.19 bits per heavy atom. The lowest BCUT2D eigenvalue weighted by Gasteiger charge is -2.36. The van der Waals surface area contributed by atoms with Gasteiger partial charge in [-0.3, -0.25) is 4.79 Å². The van der Waals surface area contributed by atoms with Gasteiger partial charge < -0.3 is 14.2 Å². The second kappa shape index (κ2) is 5.95. The molecule has 0 radical (unpaired) electrons. The van der Waals surface area contributed by atoms with Crippen molar-refractivity contribution in [3.8, 4) is 0 Å². The largest absolute Gasteiger partial charge is 0.472 e. The fourth-order valence-electron chi connectivity index (χ4n) is 2.69. The van der Waals surface area contributed by atoms with Gasteiger partial charge in [-0.15, -0.1) is 5.10 Å². The monoisotopic (exact) mass is 286 g/mol. The van der Waals surface area contributed by atoms with Crippen LogP contribution in [0.25, 0.3) is 0 Å². The summed E-state index contributed by atoms with van der Waals surface area (Å²) in [5.41, 5.74) is 0.621. The predicted molar refractivity (Wildman–Crippen MR) is 78.1 cm³/mol. The molecular weight excluding hydrogens is 268 g/mol. The fraction of sp³-hybridized carbons (Fsp3) is 0.400. The Balaban J connectivity index is 1.59. The van der Waals surface area contributed by atoms with Crippen LogP contribution in [0.15, 0.2) is 41.3 Å². The molecule has 2 aromatic heterocycles. The van der Waals surface area contributed by atoms with Gasteiger partial charge in [0.25, 0.3) is 5.91 Å². The van der Waals surface area contributed by atoms with Crippen LogP contribution in [0.5, 0.6) is 0 Å². The number of furan rings is 1. The van der Waals surface area contributed by atoms with Gasteiger partial charge in [0.2, 0.25) is 0 Å². The molecule has 3 rings (SSSR count). The molecule has 1 fully saturated rings. The minimum absolute atomic E-state index is 0.0457. The van der Waals surface area contributed by atoms with Gasteiger partial charge in [-0.1, -0.05) is 0 Å². The first-order chi connectivity index (χ1) is 10.3. The summed E-state index contributed by atoms with van der Waals surface area (Å²) in [6.07, 6.45) is 6.55. The molecule has 0 aromatic carbocycles. The van der Waals surface area contributed by atoms with E-state index in [1.54, 1.807) is 12.3 Å². The number of piperidine rings is 1. The third-order valence-corrected chi connectivity index (χ3v) is 3.99. The van der Waals surface area contributed by atoms with E-state index in [4.69, 9.17) is 4.42 Å². The number of anilines is 1. The van der Waals surface area contributed by atoms with E-state index in [1.807, 2.05) is 24.1 Å². The maximum Gasteiger partial charge on any atom is 0.257 e. The standard InChI is InChI=1S/C15H18N4O2/c1-18(14-3-2-7-16-17-14)13-4-8-19(9-5-13)15(20)12-6-10-21-11-12/h2-3,6-7,10-11,13H,4-5,8-9H2,1H3. The summed E-state index contributed by atoms with van der Waals surface area (Å²) in [6.45, 7) is 1.50. The van der Waals surface area contributed by atoms with Gasteiger partial charge in [0.1, 0.15) is 6.26 Å². The van der Waals surface area contributed by atoms with Gasteiger partial charge in [0.05, 0.1) is 11.8 Å². The molecule has 0 bridgehead atoms. The molecule has 0 saturated carbocycles. The summed E-state index contributed by atoms with van der Waals surface area (Å²) in [7, 11) is 2.03. The number of aromatic nitrogens is 2. The Morgan fingerprint density at radius 1 is 1.38 bits per heavy atom. The fourth-order valence-corrected chi connectivity index (χ4v) is 2.69. The van der Waals surface area contributed by atoms with Crippen molar-refractivity contribution in [2.45, 2.75) is 18.9 Å². The first kappa shape index (κ1) is 13.6. The van der Waals surface area contributed by atoms with Gasteiger partial charge in [0, 0.05) is 32.4 Å². The Morgan fingerprint density at radius 3 is 2.81 bits per heavy atom. The van der Waals surface area contributed by atoms with Crippen LogP contribution in [0.1, 0.15) is 23.2 Å². The molecule has 0 spiro atoms. The molecule has 6 heteroatoms. The van der Waals surface area contributed by atoms with Gasteiger partial charge in [-0.25, -0.2) is 0 Å². The molecule has 1 aliphatic heterocycles. The van der Waals surface area contributed by atoms with Crippen molar-refractivity contribution in [1.82, 2.24) is 15.1 Å². The minimum atomic E-state index is 0.0457. The summed E-state index contributed by atoms with van der Waals surface area (Å²) >= 11 is 0. The molecule has 1 saturated heterocycles. The molecule has 110 valence electrons. The van der Waals surface area contributed by atoms with Crippen LogP contribution in [0.4, 0.5) is 5.82 Å². The second-order valence-electron chi connectivity index (χ2n) is 5.23. The lowest BCUT2D eigenvalue weighted by atomic mass is 10.0. The molecule has 0 aliphatic carbocycles. The summed E-state index contributed by atoms with van der Waals surface area (Å²) in [5.74, 6) is 0.918. The number of nitrogens with zero attached hydrogens (tertiary/aromatic N) is 4. The van der Waals surface area contributed by atoms with Crippen molar-refractivity contribution in [3.05, 3.63) is 42.5 Å². The van der Waals surface area contributed by atoms with Crippen LogP contribution < -0.4 is 4.90 Å². The van der Waals surface area contributed by atoms with E-state index < -0.39 is 0 Å². The number of carbonyl (C=O) groups excluding carboxylic acids is 1. The van der Waals surface area contributed by atoms with E-state index in [2.05, 4.69) is 15.1 Å². The van der Waals surface area contributed by atoms with Gasteiger partial charge in [0.15, 0.2) is 5.82 Å². The van der Waals surface area contributed by atoms with Crippen LogP contribution >= 0.6 is 0 Å². The maximum atomic E-state index is 12.2. The minimum Gasteiger partial charge on any atom is -0.472 e. The summed E-state index contributed by atoms with van der Waals surface area (Å²) in [6, 6.07) is 5.93. The number of hydrogen-bond acceptors (Lipinski definition) is 5. The molecule has 6 nitrogen and oxygen atoms in total. The topological polar surface area (TPSA) is 62.5 Å². The molecule has 0 atom stereocenters. The van der Waals surface area contributed by atoms with Gasteiger partial charge >= 0.3 is 0 Å². The molecule has 1 amide bonds. The molecular formula is C15H18N4O2. The summed E-state index contributed by atoms with van der Waals surface area (Å²) < 4.78 is 4.97. The lowest BCUT2D eigenvalue weighted by molar-refractivity contribution is 0.0712. The van der Waals surface area contributed by atoms with Crippen molar-refractivity contribution in [2.24, 2.45) is 0 Å². The molecule has 0 unspecified atom stereocenters. The average molecular weight is 286 g/mol. The van der Waals surface area contributed by atoms with Crippen LogP contribution in [0.3, 0.4) is 0 Å².